The Hall–Kier alpha value is -2.18. The Morgan fingerprint density at radius 2 is 1.11 bits per heavy atom. The number of phenolic OH excluding ortho intramolecular Hbond substituents is 2. The summed E-state index contributed by atoms with van der Waals surface area (Å²) in [5.74, 6) is -2.46. The van der Waals surface area contributed by atoms with Crippen LogP contribution < -0.4 is 0 Å². The Morgan fingerprint density at radius 1 is 0.778 bits per heavy atom. The first-order chi connectivity index (χ1) is 8.52. The fraction of sp³-hybridized carbons (Fsp3) is 0.167. The van der Waals surface area contributed by atoms with Gasteiger partial charge < -0.3 is 20.4 Å². The fourth-order valence-electron chi connectivity index (χ4n) is 1.95. The summed E-state index contributed by atoms with van der Waals surface area (Å²) in [5, 5.41) is 37.3. The SMILES string of the molecule is O=C1C(CO)=C(CO)C(=O)c2c(O)ccc(O)c21. The van der Waals surface area contributed by atoms with Crippen molar-refractivity contribution in [3.05, 3.63) is 34.4 Å². The molecule has 0 amide bonds. The lowest BCUT2D eigenvalue weighted by molar-refractivity contribution is 0.0946. The lowest BCUT2D eigenvalue weighted by Crippen LogP contribution is -2.25. The molecule has 0 saturated heterocycles. The molecule has 0 fully saturated rings. The molecule has 2 rings (SSSR count). The van der Waals surface area contributed by atoms with Gasteiger partial charge in [-0.25, -0.2) is 0 Å². The van der Waals surface area contributed by atoms with Crippen LogP contribution in [0.15, 0.2) is 23.3 Å². The third-order valence-corrected chi connectivity index (χ3v) is 2.84. The van der Waals surface area contributed by atoms with Gasteiger partial charge >= 0.3 is 0 Å². The molecule has 0 bridgehead atoms. The van der Waals surface area contributed by atoms with Crippen molar-refractivity contribution in [2.75, 3.05) is 13.2 Å². The van der Waals surface area contributed by atoms with Crippen LogP contribution in [0.25, 0.3) is 0 Å². The topological polar surface area (TPSA) is 115 Å². The van der Waals surface area contributed by atoms with Crippen molar-refractivity contribution in [2.24, 2.45) is 0 Å². The summed E-state index contributed by atoms with van der Waals surface area (Å²) in [5.41, 5.74) is -1.23. The van der Waals surface area contributed by atoms with E-state index in [-0.39, 0.29) is 22.3 Å². The Balaban J connectivity index is 2.80. The summed E-state index contributed by atoms with van der Waals surface area (Å²) in [6.07, 6.45) is 0. The summed E-state index contributed by atoms with van der Waals surface area (Å²) in [6, 6.07) is 2.16. The molecule has 0 radical (unpaired) electrons. The average molecular weight is 250 g/mol. The van der Waals surface area contributed by atoms with Crippen LogP contribution in [0.5, 0.6) is 11.5 Å². The van der Waals surface area contributed by atoms with Crippen LogP contribution >= 0.6 is 0 Å². The molecule has 1 aliphatic carbocycles. The van der Waals surface area contributed by atoms with E-state index in [0.29, 0.717) is 0 Å². The van der Waals surface area contributed by atoms with Crippen molar-refractivity contribution in [3.63, 3.8) is 0 Å². The highest BCUT2D eigenvalue weighted by Gasteiger charge is 2.35. The quantitative estimate of drug-likeness (QED) is 0.538. The van der Waals surface area contributed by atoms with E-state index >= 15 is 0 Å². The number of aromatic hydroxyl groups is 2. The Morgan fingerprint density at radius 3 is 1.39 bits per heavy atom. The number of aliphatic hydroxyl groups excluding tert-OH is 2. The number of benzene rings is 1. The normalized spacial score (nSPS) is 15.0. The van der Waals surface area contributed by atoms with Crippen molar-refractivity contribution in [3.8, 4) is 11.5 Å². The minimum Gasteiger partial charge on any atom is -0.507 e. The summed E-state index contributed by atoms with van der Waals surface area (Å²) < 4.78 is 0. The van der Waals surface area contributed by atoms with Crippen LogP contribution in [-0.2, 0) is 0 Å². The van der Waals surface area contributed by atoms with Gasteiger partial charge in [-0.05, 0) is 12.1 Å². The summed E-state index contributed by atoms with van der Waals surface area (Å²) in [6.45, 7) is -1.45. The predicted octanol–water partition coefficient (Wildman–Crippen LogP) is -0.242. The first-order valence-corrected chi connectivity index (χ1v) is 5.11. The van der Waals surface area contributed by atoms with Crippen LogP contribution in [0.3, 0.4) is 0 Å². The highest BCUT2D eigenvalue weighted by atomic mass is 16.3. The number of hydrogen-bond acceptors (Lipinski definition) is 6. The number of aliphatic hydroxyl groups is 2. The molecule has 94 valence electrons. The third kappa shape index (κ3) is 1.51. The second-order valence-electron chi connectivity index (χ2n) is 3.79. The van der Waals surface area contributed by atoms with Gasteiger partial charge in [0.1, 0.15) is 11.5 Å². The average Bonchev–Trinajstić information content (AvgIpc) is 2.35. The van der Waals surface area contributed by atoms with E-state index in [9.17, 15) is 19.8 Å². The van der Waals surface area contributed by atoms with E-state index in [2.05, 4.69) is 0 Å². The summed E-state index contributed by atoms with van der Waals surface area (Å²) in [4.78, 5) is 24.0. The van der Waals surface area contributed by atoms with Crippen LogP contribution in [0, 0.1) is 0 Å². The first-order valence-electron chi connectivity index (χ1n) is 5.11. The lowest BCUT2D eigenvalue weighted by Gasteiger charge is -2.20. The maximum atomic E-state index is 12.0. The number of carbonyl (C=O) groups excluding carboxylic acids is 2. The largest absolute Gasteiger partial charge is 0.507 e. The molecule has 0 saturated carbocycles. The van der Waals surface area contributed by atoms with Gasteiger partial charge in [0.05, 0.1) is 24.3 Å². The van der Waals surface area contributed by atoms with Gasteiger partial charge in [0.25, 0.3) is 0 Å². The van der Waals surface area contributed by atoms with Crippen molar-refractivity contribution >= 4 is 11.6 Å². The number of phenols is 2. The van der Waals surface area contributed by atoms with Crippen molar-refractivity contribution < 1.29 is 30.0 Å². The first kappa shape index (κ1) is 12.3. The van der Waals surface area contributed by atoms with Gasteiger partial charge in [-0.1, -0.05) is 0 Å². The second-order valence-corrected chi connectivity index (χ2v) is 3.79. The molecule has 0 aliphatic heterocycles. The molecular weight excluding hydrogens is 240 g/mol. The second kappa shape index (κ2) is 4.25. The highest BCUT2D eigenvalue weighted by molar-refractivity contribution is 6.29. The van der Waals surface area contributed by atoms with Gasteiger partial charge in [0.15, 0.2) is 11.6 Å². The van der Waals surface area contributed by atoms with Crippen molar-refractivity contribution in [1.29, 1.82) is 0 Å². The number of fused-ring (bicyclic) bond motifs is 1. The molecule has 0 spiro atoms. The molecule has 18 heavy (non-hydrogen) atoms. The van der Waals surface area contributed by atoms with Gasteiger partial charge in [-0.3, -0.25) is 9.59 Å². The zero-order valence-electron chi connectivity index (χ0n) is 9.17. The van der Waals surface area contributed by atoms with Gasteiger partial charge in [-0.15, -0.1) is 0 Å². The molecule has 6 nitrogen and oxygen atoms in total. The van der Waals surface area contributed by atoms with Crippen LogP contribution in [0.4, 0.5) is 0 Å². The van der Waals surface area contributed by atoms with Crippen LogP contribution in [-0.4, -0.2) is 45.2 Å². The Bertz CT molecular complexity index is 533. The number of hydrogen-bond donors (Lipinski definition) is 4. The van der Waals surface area contributed by atoms with E-state index in [1.165, 1.54) is 0 Å². The summed E-state index contributed by atoms with van der Waals surface area (Å²) >= 11 is 0. The van der Waals surface area contributed by atoms with E-state index in [0.717, 1.165) is 12.1 Å². The standard InChI is InChI=1S/C12H10O6/c13-3-5-6(4-14)12(18)10-8(16)2-1-7(15)9(10)11(5)17/h1-2,13-16H,3-4H2. The van der Waals surface area contributed by atoms with Crippen molar-refractivity contribution in [2.45, 2.75) is 0 Å². The van der Waals surface area contributed by atoms with Gasteiger partial charge in [0, 0.05) is 11.1 Å². The number of ketones is 2. The molecule has 6 heteroatoms. The number of Topliss-reactive ketones (excluding diaryl/α,β-unsaturated/α-hetero) is 2. The number of carbonyl (C=O) groups is 2. The Labute approximate surface area is 101 Å². The van der Waals surface area contributed by atoms with E-state index in [1.54, 1.807) is 0 Å². The molecular formula is C12H10O6. The Kier molecular flexibility index (Phi) is 2.90. The minimum atomic E-state index is -0.774. The van der Waals surface area contributed by atoms with E-state index in [1.807, 2.05) is 0 Å². The van der Waals surface area contributed by atoms with E-state index < -0.39 is 36.3 Å². The van der Waals surface area contributed by atoms with Crippen molar-refractivity contribution in [1.82, 2.24) is 0 Å². The van der Waals surface area contributed by atoms with Gasteiger partial charge in [0.2, 0.25) is 0 Å². The van der Waals surface area contributed by atoms with Crippen LogP contribution in [0.2, 0.25) is 0 Å². The molecule has 1 aromatic rings. The molecule has 1 aromatic carbocycles. The monoisotopic (exact) mass is 250 g/mol. The zero-order valence-corrected chi connectivity index (χ0v) is 9.17. The van der Waals surface area contributed by atoms with E-state index in [4.69, 9.17) is 10.2 Å². The highest BCUT2D eigenvalue weighted by Crippen LogP contribution is 2.36. The molecule has 0 unspecified atom stereocenters. The molecule has 4 N–H and O–H groups in total. The third-order valence-electron chi connectivity index (χ3n) is 2.84. The maximum Gasteiger partial charge on any atom is 0.196 e. The molecule has 1 aliphatic rings. The smallest absolute Gasteiger partial charge is 0.196 e. The van der Waals surface area contributed by atoms with Gasteiger partial charge in [-0.2, -0.15) is 0 Å². The fourth-order valence-corrected chi connectivity index (χ4v) is 1.95. The molecule has 0 atom stereocenters. The zero-order chi connectivity index (χ0) is 13.4. The van der Waals surface area contributed by atoms with Crippen LogP contribution in [0.1, 0.15) is 20.7 Å². The molecule has 0 heterocycles. The maximum absolute atomic E-state index is 12.0. The lowest BCUT2D eigenvalue weighted by atomic mass is 9.83. The predicted molar refractivity (Wildman–Crippen MR) is 59.6 cm³/mol. The molecule has 0 aromatic heterocycles. The summed E-state index contributed by atoms with van der Waals surface area (Å²) in [7, 11) is 0. The number of rotatable bonds is 2. The minimum absolute atomic E-state index is 0.268.